The fourth-order valence-corrected chi connectivity index (χ4v) is 5.90. The molecule has 3 amide bonds. The van der Waals surface area contributed by atoms with Crippen LogP contribution >= 0.6 is 11.8 Å². The van der Waals surface area contributed by atoms with Gasteiger partial charge in [0.15, 0.2) is 6.10 Å². The van der Waals surface area contributed by atoms with Gasteiger partial charge in [-0.25, -0.2) is 0 Å². The number of nitrogens with zero attached hydrogens (tertiary/aromatic N) is 2. The van der Waals surface area contributed by atoms with Gasteiger partial charge in [-0.1, -0.05) is 42.5 Å². The lowest BCUT2D eigenvalue weighted by molar-refractivity contribution is -0.147. The van der Waals surface area contributed by atoms with Gasteiger partial charge in [-0.2, -0.15) is 0 Å². The van der Waals surface area contributed by atoms with Crippen LogP contribution in [0, 0.1) is 6.92 Å². The smallest absolute Gasteiger partial charge is 0.254 e. The number of rotatable bonds is 9. The number of nitrogens with one attached hydrogen (secondary N) is 2. The Bertz CT molecular complexity index is 1350. The van der Waals surface area contributed by atoms with E-state index in [1.54, 1.807) is 37.4 Å². The molecule has 0 bridgehead atoms. The molecule has 4 rings (SSSR count). The fraction of sp³-hybridized carbons (Fsp3) is 0.333. The zero-order valence-electron chi connectivity index (χ0n) is 22.7. The van der Waals surface area contributed by atoms with Crippen molar-refractivity contribution < 1.29 is 24.6 Å². The molecule has 1 fully saturated rings. The van der Waals surface area contributed by atoms with Gasteiger partial charge in [-0.05, 0) is 57.0 Å². The molecule has 210 valence electrons. The first-order valence-electron chi connectivity index (χ1n) is 13.0. The Morgan fingerprint density at radius 3 is 2.50 bits per heavy atom. The van der Waals surface area contributed by atoms with E-state index in [-0.39, 0.29) is 36.1 Å². The molecule has 1 aliphatic rings. The molecule has 0 aliphatic carbocycles. The van der Waals surface area contributed by atoms with Gasteiger partial charge in [-0.3, -0.25) is 19.4 Å². The molecule has 2 aromatic carbocycles. The molecule has 3 aromatic rings. The molecule has 9 nitrogen and oxygen atoms in total. The summed E-state index contributed by atoms with van der Waals surface area (Å²) in [6.45, 7) is 5.60. The first-order valence-corrected chi connectivity index (χ1v) is 14.0. The lowest BCUT2D eigenvalue weighted by Crippen LogP contribution is -2.58. The lowest BCUT2D eigenvalue weighted by Gasteiger charge is -2.33. The third-order valence-electron chi connectivity index (χ3n) is 7.05. The molecule has 0 saturated carbocycles. The predicted molar refractivity (Wildman–Crippen MR) is 154 cm³/mol. The monoisotopic (exact) mass is 562 g/mol. The summed E-state index contributed by atoms with van der Waals surface area (Å²) >= 11 is 1.44. The van der Waals surface area contributed by atoms with Gasteiger partial charge < -0.3 is 25.7 Å². The van der Waals surface area contributed by atoms with Crippen LogP contribution in [0.5, 0.6) is 5.75 Å². The first-order chi connectivity index (χ1) is 19.1. The highest BCUT2D eigenvalue weighted by Gasteiger charge is 2.49. The molecule has 3 atom stereocenters. The molecule has 0 spiro atoms. The number of aromatic hydroxyl groups is 1. The van der Waals surface area contributed by atoms with Crippen molar-refractivity contribution in [2.75, 3.05) is 5.88 Å². The minimum atomic E-state index is -1.62. The number of benzene rings is 2. The number of hydrogen-bond acceptors (Lipinski definition) is 7. The maximum absolute atomic E-state index is 13.8. The zero-order valence-corrected chi connectivity index (χ0v) is 23.5. The number of aliphatic hydroxyl groups excluding tert-OH is 1. The Balaban J connectivity index is 1.56. The van der Waals surface area contributed by atoms with Crippen molar-refractivity contribution in [3.63, 3.8) is 0 Å². The number of hydrogen-bond donors (Lipinski definition) is 4. The minimum Gasteiger partial charge on any atom is -0.508 e. The van der Waals surface area contributed by atoms with Crippen LogP contribution in [-0.2, 0) is 22.6 Å². The SMILES string of the molecule is Cc1c(O)cccc1C(=O)N[C@@H](Cc1ccccc1)[C@H](O)C(=O)N1CSC(C)(C)C1C(=O)NCc1ccccn1. The fourth-order valence-electron chi connectivity index (χ4n) is 4.76. The molecule has 1 aromatic heterocycles. The van der Waals surface area contributed by atoms with Crippen LogP contribution in [0.2, 0.25) is 0 Å². The van der Waals surface area contributed by atoms with Crippen molar-refractivity contribution >= 4 is 29.5 Å². The predicted octanol–water partition coefficient (Wildman–Crippen LogP) is 2.79. The van der Waals surface area contributed by atoms with E-state index in [1.807, 2.05) is 50.2 Å². The standard InChI is InChI=1S/C30H34N4O5S/c1-19-22(13-9-14-24(19)35)27(37)33-23(16-20-10-5-4-6-11-20)25(36)29(39)34-18-40-30(2,3)26(34)28(38)32-17-21-12-7-8-15-31-21/h4-15,23,25-26,35-36H,16-18H2,1-3H3,(H,32,38)(H,33,37)/t23-,25-,26?/m0/s1. The topological polar surface area (TPSA) is 132 Å². The molecular weight excluding hydrogens is 528 g/mol. The number of thioether (sulfide) groups is 1. The van der Waals surface area contributed by atoms with E-state index in [1.165, 1.54) is 22.7 Å². The highest BCUT2D eigenvalue weighted by Crippen LogP contribution is 2.40. The summed E-state index contributed by atoms with van der Waals surface area (Å²) in [5.74, 6) is -1.34. The quantitative estimate of drug-likeness (QED) is 0.315. The molecule has 4 N–H and O–H groups in total. The maximum atomic E-state index is 13.8. The molecule has 40 heavy (non-hydrogen) atoms. The second-order valence-corrected chi connectivity index (χ2v) is 11.9. The summed E-state index contributed by atoms with van der Waals surface area (Å²) in [5, 5.41) is 27.1. The van der Waals surface area contributed by atoms with Gasteiger partial charge in [0.2, 0.25) is 5.91 Å². The van der Waals surface area contributed by atoms with Crippen LogP contribution in [0.15, 0.2) is 72.9 Å². The largest absolute Gasteiger partial charge is 0.508 e. The molecule has 2 heterocycles. The number of aromatic nitrogens is 1. The number of phenolic OH excluding ortho intramolecular Hbond substituents is 1. The number of carbonyl (C=O) groups excluding carboxylic acids is 3. The van der Waals surface area contributed by atoms with E-state index in [4.69, 9.17) is 0 Å². The average Bonchev–Trinajstić information content (AvgIpc) is 3.27. The van der Waals surface area contributed by atoms with Gasteiger partial charge in [0.05, 0.1) is 24.2 Å². The highest BCUT2D eigenvalue weighted by atomic mass is 32.2. The molecular formula is C30H34N4O5S. The molecule has 1 aliphatic heterocycles. The van der Waals surface area contributed by atoms with Crippen LogP contribution in [0.1, 0.15) is 41.0 Å². The molecule has 10 heteroatoms. The van der Waals surface area contributed by atoms with Gasteiger partial charge in [0.1, 0.15) is 11.8 Å². The van der Waals surface area contributed by atoms with Crippen LogP contribution in [0.3, 0.4) is 0 Å². The third-order valence-corrected chi connectivity index (χ3v) is 8.42. The molecule has 0 radical (unpaired) electrons. The Morgan fingerprint density at radius 1 is 1.07 bits per heavy atom. The van der Waals surface area contributed by atoms with Gasteiger partial charge in [0, 0.05) is 22.1 Å². The second-order valence-electron chi connectivity index (χ2n) is 10.3. The van der Waals surface area contributed by atoms with Crippen molar-refractivity contribution in [3.8, 4) is 5.75 Å². The maximum Gasteiger partial charge on any atom is 0.254 e. The van der Waals surface area contributed by atoms with Crippen molar-refractivity contribution in [1.29, 1.82) is 0 Å². The average molecular weight is 563 g/mol. The zero-order chi connectivity index (χ0) is 28.9. The number of phenols is 1. The van der Waals surface area contributed by atoms with Crippen molar-refractivity contribution in [2.24, 2.45) is 0 Å². The van der Waals surface area contributed by atoms with E-state index in [9.17, 15) is 24.6 Å². The highest BCUT2D eigenvalue weighted by molar-refractivity contribution is 8.00. The van der Waals surface area contributed by atoms with Crippen LogP contribution < -0.4 is 10.6 Å². The van der Waals surface area contributed by atoms with Gasteiger partial charge in [0.25, 0.3) is 11.8 Å². The summed E-state index contributed by atoms with van der Waals surface area (Å²) in [7, 11) is 0. The van der Waals surface area contributed by atoms with E-state index >= 15 is 0 Å². The number of pyridine rings is 1. The van der Waals surface area contributed by atoms with Crippen molar-refractivity contribution in [3.05, 3.63) is 95.3 Å². The van der Waals surface area contributed by atoms with Crippen molar-refractivity contribution in [2.45, 2.75) is 56.7 Å². The number of aliphatic hydroxyl groups is 1. The Hall–Kier alpha value is -3.89. The summed E-state index contributed by atoms with van der Waals surface area (Å²) < 4.78 is -0.611. The number of carbonyl (C=O) groups is 3. The van der Waals surface area contributed by atoms with E-state index in [2.05, 4.69) is 15.6 Å². The van der Waals surface area contributed by atoms with Gasteiger partial charge in [-0.15, -0.1) is 11.8 Å². The summed E-state index contributed by atoms with van der Waals surface area (Å²) in [6, 6.07) is 17.4. The second kappa shape index (κ2) is 12.5. The Labute approximate surface area is 238 Å². The van der Waals surface area contributed by atoms with Gasteiger partial charge >= 0.3 is 0 Å². The Kier molecular flexibility index (Phi) is 9.11. The van der Waals surface area contributed by atoms with Crippen LogP contribution in [0.25, 0.3) is 0 Å². The van der Waals surface area contributed by atoms with E-state index in [0.717, 1.165) is 5.56 Å². The summed E-state index contributed by atoms with van der Waals surface area (Å²) in [6.07, 6.45) is 0.197. The minimum absolute atomic E-state index is 0.0280. The molecule has 1 unspecified atom stereocenters. The normalized spacial score (nSPS) is 17.6. The van der Waals surface area contributed by atoms with Crippen LogP contribution in [-0.4, -0.2) is 66.6 Å². The summed E-state index contributed by atoms with van der Waals surface area (Å²) in [5.41, 5.74) is 2.13. The first kappa shape index (κ1) is 29.1. The van der Waals surface area contributed by atoms with E-state index < -0.39 is 34.7 Å². The van der Waals surface area contributed by atoms with Crippen LogP contribution in [0.4, 0.5) is 0 Å². The molecule has 1 saturated heterocycles. The van der Waals surface area contributed by atoms with Crippen molar-refractivity contribution in [1.82, 2.24) is 20.5 Å². The number of amides is 3. The Morgan fingerprint density at radius 2 is 1.80 bits per heavy atom. The van der Waals surface area contributed by atoms with E-state index in [0.29, 0.717) is 11.3 Å². The third kappa shape index (κ3) is 6.63. The summed E-state index contributed by atoms with van der Waals surface area (Å²) in [4.78, 5) is 46.0. The lowest BCUT2D eigenvalue weighted by atomic mass is 9.96.